The minimum atomic E-state index is -0.576. The van der Waals surface area contributed by atoms with Gasteiger partial charge in [-0.3, -0.25) is 9.59 Å². The first-order valence-corrected chi connectivity index (χ1v) is 6.20. The molecule has 0 aromatic heterocycles. The van der Waals surface area contributed by atoms with Gasteiger partial charge in [-0.25, -0.2) is 4.39 Å². The summed E-state index contributed by atoms with van der Waals surface area (Å²) in [6.45, 7) is -0.0548. The highest BCUT2D eigenvalue weighted by Crippen LogP contribution is 2.29. The molecule has 0 saturated carbocycles. The lowest BCUT2D eigenvalue weighted by Gasteiger charge is -2.18. The fourth-order valence-corrected chi connectivity index (χ4v) is 2.13. The third-order valence-corrected chi connectivity index (χ3v) is 3.06. The van der Waals surface area contributed by atoms with E-state index in [-0.39, 0.29) is 29.5 Å². The highest BCUT2D eigenvalue weighted by Gasteiger charge is 2.19. The Labute approximate surface area is 119 Å². The van der Waals surface area contributed by atoms with Gasteiger partial charge >= 0.3 is 0 Å². The van der Waals surface area contributed by atoms with Crippen LogP contribution in [-0.4, -0.2) is 18.3 Å². The monoisotopic (exact) mass is 286 g/mol. The van der Waals surface area contributed by atoms with Crippen molar-refractivity contribution in [3.05, 3.63) is 53.3 Å². The summed E-state index contributed by atoms with van der Waals surface area (Å²) >= 11 is 0. The summed E-state index contributed by atoms with van der Waals surface area (Å²) in [7, 11) is 0. The minimum Gasteiger partial charge on any atom is -0.482 e. The minimum absolute atomic E-state index is 0.0548. The molecular weight excluding hydrogens is 275 g/mol. The first-order chi connectivity index (χ1) is 10.0. The van der Waals surface area contributed by atoms with Crippen molar-refractivity contribution >= 4 is 23.1 Å². The smallest absolute Gasteiger partial charge is 0.262 e. The van der Waals surface area contributed by atoms with Crippen molar-refractivity contribution in [1.29, 1.82) is 0 Å². The van der Waals surface area contributed by atoms with Gasteiger partial charge in [0.2, 0.25) is 0 Å². The van der Waals surface area contributed by atoms with E-state index in [4.69, 9.17) is 10.5 Å². The van der Waals surface area contributed by atoms with Crippen LogP contribution < -0.4 is 15.8 Å². The number of nitrogens with one attached hydrogen (secondary N) is 1. The Morgan fingerprint density at radius 1 is 1.19 bits per heavy atom. The van der Waals surface area contributed by atoms with Gasteiger partial charge in [0.15, 0.2) is 12.4 Å². The Kier molecular flexibility index (Phi) is 3.06. The van der Waals surface area contributed by atoms with Crippen LogP contribution in [0.25, 0.3) is 0 Å². The molecule has 1 aliphatic rings. The molecule has 2 aromatic carbocycles. The molecule has 106 valence electrons. The van der Waals surface area contributed by atoms with Gasteiger partial charge in [-0.05, 0) is 36.4 Å². The summed E-state index contributed by atoms with van der Waals surface area (Å²) in [4.78, 5) is 23.6. The summed E-state index contributed by atoms with van der Waals surface area (Å²) in [5, 5.41) is 2.61. The van der Waals surface area contributed by atoms with Crippen LogP contribution >= 0.6 is 0 Å². The molecule has 21 heavy (non-hydrogen) atoms. The topological polar surface area (TPSA) is 81.4 Å². The zero-order valence-corrected chi connectivity index (χ0v) is 10.9. The van der Waals surface area contributed by atoms with E-state index >= 15 is 0 Å². The van der Waals surface area contributed by atoms with Gasteiger partial charge in [0, 0.05) is 16.8 Å². The van der Waals surface area contributed by atoms with Crippen molar-refractivity contribution in [3.8, 4) is 5.75 Å². The standard InChI is InChI=1S/C15H11FN2O3/c16-10-3-9(4-11(17)6-10)15(20)8-1-2-13-12(5-8)18-14(19)7-21-13/h1-6H,7,17H2,(H,18,19). The Bertz CT molecular complexity index is 738. The summed E-state index contributed by atoms with van der Waals surface area (Å²) in [6, 6.07) is 8.30. The number of ketones is 1. The average Bonchev–Trinajstić information content (AvgIpc) is 2.44. The second-order valence-electron chi connectivity index (χ2n) is 4.65. The molecule has 1 amide bonds. The molecule has 0 atom stereocenters. The predicted octanol–water partition coefficient (Wildman–Crippen LogP) is 1.97. The number of benzene rings is 2. The normalized spacial score (nSPS) is 13.1. The molecule has 1 aliphatic heterocycles. The van der Waals surface area contributed by atoms with E-state index in [0.29, 0.717) is 17.0 Å². The van der Waals surface area contributed by atoms with Crippen molar-refractivity contribution in [3.63, 3.8) is 0 Å². The van der Waals surface area contributed by atoms with Gasteiger partial charge in [-0.2, -0.15) is 0 Å². The van der Waals surface area contributed by atoms with Crippen LogP contribution in [-0.2, 0) is 4.79 Å². The molecule has 2 aromatic rings. The maximum absolute atomic E-state index is 13.3. The molecule has 6 heteroatoms. The largest absolute Gasteiger partial charge is 0.482 e. The van der Waals surface area contributed by atoms with Crippen molar-refractivity contribution in [2.75, 3.05) is 17.7 Å². The van der Waals surface area contributed by atoms with E-state index in [2.05, 4.69) is 5.32 Å². The number of ether oxygens (including phenoxy) is 1. The zero-order chi connectivity index (χ0) is 15.0. The molecule has 5 nitrogen and oxygen atoms in total. The molecule has 0 fully saturated rings. The number of halogens is 1. The zero-order valence-electron chi connectivity index (χ0n) is 10.9. The Morgan fingerprint density at radius 2 is 2.00 bits per heavy atom. The summed E-state index contributed by atoms with van der Waals surface area (Å²) < 4.78 is 18.5. The van der Waals surface area contributed by atoms with Crippen LogP contribution in [0.1, 0.15) is 15.9 Å². The number of anilines is 2. The molecule has 3 rings (SSSR count). The van der Waals surface area contributed by atoms with Crippen LogP contribution in [0.2, 0.25) is 0 Å². The summed E-state index contributed by atoms with van der Waals surface area (Å²) in [6.07, 6.45) is 0. The molecule has 0 bridgehead atoms. The van der Waals surface area contributed by atoms with Gasteiger partial charge in [0.05, 0.1) is 5.69 Å². The van der Waals surface area contributed by atoms with Crippen molar-refractivity contribution in [2.24, 2.45) is 0 Å². The third-order valence-electron chi connectivity index (χ3n) is 3.06. The van der Waals surface area contributed by atoms with Crippen molar-refractivity contribution in [2.45, 2.75) is 0 Å². The lowest BCUT2D eigenvalue weighted by molar-refractivity contribution is -0.118. The van der Waals surface area contributed by atoms with Gasteiger partial charge in [-0.1, -0.05) is 0 Å². The average molecular weight is 286 g/mol. The summed E-state index contributed by atoms with van der Waals surface area (Å²) in [5.41, 5.74) is 6.59. The maximum atomic E-state index is 13.3. The van der Waals surface area contributed by atoms with E-state index in [9.17, 15) is 14.0 Å². The number of carbonyl (C=O) groups is 2. The van der Waals surface area contributed by atoms with E-state index in [1.54, 1.807) is 12.1 Å². The molecule has 3 N–H and O–H groups in total. The van der Waals surface area contributed by atoms with Crippen LogP contribution in [0.5, 0.6) is 5.75 Å². The lowest BCUT2D eigenvalue weighted by atomic mass is 10.0. The second kappa shape index (κ2) is 4.90. The number of amides is 1. The van der Waals surface area contributed by atoms with E-state index in [1.165, 1.54) is 12.1 Å². The number of nitrogens with two attached hydrogens (primary N) is 1. The quantitative estimate of drug-likeness (QED) is 0.653. The summed E-state index contributed by atoms with van der Waals surface area (Å²) in [5.74, 6) is -0.760. The molecular formula is C15H11FN2O3. The first kappa shape index (κ1) is 13.1. The van der Waals surface area contributed by atoms with Crippen LogP contribution in [0.15, 0.2) is 36.4 Å². The first-order valence-electron chi connectivity index (χ1n) is 6.20. The second-order valence-corrected chi connectivity index (χ2v) is 4.65. The Balaban J connectivity index is 1.98. The molecule has 0 spiro atoms. The van der Waals surface area contributed by atoms with E-state index < -0.39 is 5.82 Å². The SMILES string of the molecule is Nc1cc(F)cc(C(=O)c2ccc3c(c2)NC(=O)CO3)c1. The van der Waals surface area contributed by atoms with Gasteiger partial charge in [0.1, 0.15) is 11.6 Å². The van der Waals surface area contributed by atoms with Gasteiger partial charge in [-0.15, -0.1) is 0 Å². The fraction of sp³-hybridized carbons (Fsp3) is 0.0667. The van der Waals surface area contributed by atoms with Gasteiger partial charge < -0.3 is 15.8 Å². The van der Waals surface area contributed by atoms with Crippen LogP contribution in [0, 0.1) is 5.82 Å². The molecule has 0 radical (unpaired) electrons. The number of fused-ring (bicyclic) bond motifs is 1. The molecule has 0 unspecified atom stereocenters. The highest BCUT2D eigenvalue weighted by molar-refractivity contribution is 6.10. The van der Waals surface area contributed by atoms with E-state index in [0.717, 1.165) is 12.1 Å². The van der Waals surface area contributed by atoms with Crippen LogP contribution in [0.4, 0.5) is 15.8 Å². The lowest BCUT2D eigenvalue weighted by Crippen LogP contribution is -2.25. The molecule has 0 saturated heterocycles. The highest BCUT2D eigenvalue weighted by atomic mass is 19.1. The predicted molar refractivity (Wildman–Crippen MR) is 74.8 cm³/mol. The number of nitrogen functional groups attached to an aromatic ring is 1. The van der Waals surface area contributed by atoms with E-state index in [1.807, 2.05) is 0 Å². The number of hydrogen-bond acceptors (Lipinski definition) is 4. The maximum Gasteiger partial charge on any atom is 0.262 e. The molecule has 1 heterocycles. The van der Waals surface area contributed by atoms with Crippen LogP contribution in [0.3, 0.4) is 0 Å². The number of rotatable bonds is 2. The Morgan fingerprint density at radius 3 is 2.76 bits per heavy atom. The molecule has 0 aliphatic carbocycles. The number of hydrogen-bond donors (Lipinski definition) is 2. The number of carbonyl (C=O) groups excluding carboxylic acids is 2. The van der Waals surface area contributed by atoms with Crippen molar-refractivity contribution in [1.82, 2.24) is 0 Å². The Hall–Kier alpha value is -2.89. The third kappa shape index (κ3) is 2.55. The van der Waals surface area contributed by atoms with Gasteiger partial charge in [0.25, 0.3) is 5.91 Å². The van der Waals surface area contributed by atoms with Crippen molar-refractivity contribution < 1.29 is 18.7 Å². The fourth-order valence-electron chi connectivity index (χ4n) is 2.13.